The van der Waals surface area contributed by atoms with E-state index in [1.807, 2.05) is 4.90 Å². The minimum atomic E-state index is 0.136. The molecular weight excluding hydrogens is 224 g/mol. The first-order valence-corrected chi connectivity index (χ1v) is 7.58. The molecule has 0 aromatic heterocycles. The Hall–Kier alpha value is -0.730. The smallest absolute Gasteiger partial charge is 0.317 e. The van der Waals surface area contributed by atoms with Gasteiger partial charge in [0.05, 0.1) is 0 Å². The highest BCUT2D eigenvalue weighted by atomic mass is 16.2. The first kappa shape index (κ1) is 15.3. The molecule has 1 heterocycles. The van der Waals surface area contributed by atoms with Crippen LogP contribution in [0.3, 0.4) is 0 Å². The van der Waals surface area contributed by atoms with Crippen LogP contribution in [0.5, 0.6) is 0 Å². The molecule has 1 saturated heterocycles. The van der Waals surface area contributed by atoms with E-state index < -0.39 is 0 Å². The highest BCUT2D eigenvalue weighted by Crippen LogP contribution is 2.20. The average molecular weight is 254 g/mol. The fourth-order valence-corrected chi connectivity index (χ4v) is 2.90. The Balaban J connectivity index is 2.30. The van der Waals surface area contributed by atoms with Crippen LogP contribution in [0.25, 0.3) is 0 Å². The lowest BCUT2D eigenvalue weighted by Crippen LogP contribution is -2.49. The van der Waals surface area contributed by atoms with Crippen LogP contribution in [0.15, 0.2) is 0 Å². The summed E-state index contributed by atoms with van der Waals surface area (Å²) in [6.07, 6.45) is 6.05. The minimum Gasteiger partial charge on any atom is -0.336 e. The minimum absolute atomic E-state index is 0.136. The molecule has 3 nitrogen and oxygen atoms in total. The van der Waals surface area contributed by atoms with Gasteiger partial charge >= 0.3 is 6.03 Å². The van der Waals surface area contributed by atoms with Crippen LogP contribution in [-0.4, -0.2) is 30.1 Å². The third kappa shape index (κ3) is 5.28. The molecular formula is C15H30N2O. The molecule has 1 N–H and O–H groups in total. The van der Waals surface area contributed by atoms with E-state index in [9.17, 15) is 4.79 Å². The Morgan fingerprint density at radius 1 is 1.28 bits per heavy atom. The monoisotopic (exact) mass is 254 g/mol. The molecule has 106 valence electrons. The molecule has 18 heavy (non-hydrogen) atoms. The number of rotatable bonds is 5. The topological polar surface area (TPSA) is 32.3 Å². The van der Waals surface area contributed by atoms with Gasteiger partial charge in [-0.15, -0.1) is 0 Å². The van der Waals surface area contributed by atoms with Gasteiger partial charge in [-0.25, -0.2) is 4.79 Å². The van der Waals surface area contributed by atoms with Crippen molar-refractivity contribution in [2.45, 2.75) is 65.8 Å². The Labute approximate surface area is 112 Å². The lowest BCUT2D eigenvalue weighted by atomic mass is 9.92. The number of nitrogens with one attached hydrogen (secondary N) is 1. The van der Waals surface area contributed by atoms with Crippen molar-refractivity contribution in [3.63, 3.8) is 0 Å². The molecule has 0 aromatic carbocycles. The molecule has 1 rings (SSSR count). The van der Waals surface area contributed by atoms with Gasteiger partial charge in [-0.3, -0.25) is 0 Å². The second-order valence-corrected chi connectivity index (χ2v) is 6.20. The van der Waals surface area contributed by atoms with Crippen molar-refractivity contribution in [3.05, 3.63) is 0 Å². The highest BCUT2D eigenvalue weighted by molar-refractivity contribution is 5.74. The zero-order valence-corrected chi connectivity index (χ0v) is 12.5. The van der Waals surface area contributed by atoms with Crippen molar-refractivity contribution in [2.24, 2.45) is 11.8 Å². The zero-order chi connectivity index (χ0) is 13.5. The van der Waals surface area contributed by atoms with Crippen molar-refractivity contribution in [2.75, 3.05) is 13.1 Å². The summed E-state index contributed by atoms with van der Waals surface area (Å²) in [4.78, 5) is 14.1. The molecule has 0 spiro atoms. The number of carbonyl (C=O) groups is 1. The van der Waals surface area contributed by atoms with Gasteiger partial charge in [-0.05, 0) is 31.6 Å². The van der Waals surface area contributed by atoms with Crippen molar-refractivity contribution >= 4 is 6.03 Å². The number of likely N-dealkylation sites (tertiary alicyclic amines) is 1. The van der Waals surface area contributed by atoms with Crippen LogP contribution < -0.4 is 5.32 Å². The van der Waals surface area contributed by atoms with E-state index in [4.69, 9.17) is 0 Å². The Bertz CT molecular complexity index is 245. The highest BCUT2D eigenvalue weighted by Gasteiger charge is 2.25. The average Bonchev–Trinajstić information content (AvgIpc) is 2.28. The molecule has 3 unspecified atom stereocenters. The summed E-state index contributed by atoms with van der Waals surface area (Å²) < 4.78 is 0. The van der Waals surface area contributed by atoms with Crippen molar-refractivity contribution in [1.29, 1.82) is 0 Å². The number of urea groups is 1. The number of hydrogen-bond donors (Lipinski definition) is 1. The molecule has 3 heteroatoms. The van der Waals surface area contributed by atoms with Gasteiger partial charge in [0.2, 0.25) is 0 Å². The summed E-state index contributed by atoms with van der Waals surface area (Å²) in [5, 5.41) is 3.14. The fourth-order valence-electron chi connectivity index (χ4n) is 2.90. The van der Waals surface area contributed by atoms with Crippen molar-refractivity contribution in [1.82, 2.24) is 10.2 Å². The molecule has 0 bridgehead atoms. The maximum absolute atomic E-state index is 12.1. The summed E-state index contributed by atoms with van der Waals surface area (Å²) in [5.41, 5.74) is 0. The lowest BCUT2D eigenvalue weighted by molar-refractivity contribution is 0.143. The van der Waals surface area contributed by atoms with Crippen LogP contribution >= 0.6 is 0 Å². The molecule has 0 aliphatic carbocycles. The van der Waals surface area contributed by atoms with Crippen molar-refractivity contribution in [3.8, 4) is 0 Å². The normalized spacial score (nSPS) is 25.9. The number of hydrogen-bond acceptors (Lipinski definition) is 1. The summed E-state index contributed by atoms with van der Waals surface area (Å²) in [5.74, 6) is 1.27. The van der Waals surface area contributed by atoms with E-state index >= 15 is 0 Å². The first-order chi connectivity index (χ1) is 8.52. The van der Waals surface area contributed by atoms with Crippen LogP contribution in [0.1, 0.15) is 59.8 Å². The maximum atomic E-state index is 12.1. The van der Waals surface area contributed by atoms with Crippen LogP contribution in [0.4, 0.5) is 4.79 Å². The van der Waals surface area contributed by atoms with Gasteiger partial charge in [-0.1, -0.05) is 40.0 Å². The molecule has 2 amide bonds. The van der Waals surface area contributed by atoms with Crippen LogP contribution in [-0.2, 0) is 0 Å². The maximum Gasteiger partial charge on any atom is 0.317 e. The number of nitrogens with zero attached hydrogens (tertiary/aromatic N) is 1. The second kappa shape index (κ2) is 7.65. The van der Waals surface area contributed by atoms with Gasteiger partial charge in [0.25, 0.3) is 0 Å². The van der Waals surface area contributed by atoms with Gasteiger partial charge in [0, 0.05) is 19.1 Å². The summed E-state index contributed by atoms with van der Waals surface area (Å²) in [6, 6.07) is 0.439. The van der Waals surface area contributed by atoms with Gasteiger partial charge in [0.1, 0.15) is 0 Å². The fraction of sp³-hybridized carbons (Fsp3) is 0.933. The number of unbranched alkanes of at least 4 members (excludes halogenated alkanes) is 2. The third-order valence-corrected chi connectivity index (χ3v) is 3.77. The number of piperidine rings is 1. The van der Waals surface area contributed by atoms with Gasteiger partial charge in [-0.2, -0.15) is 0 Å². The quantitative estimate of drug-likeness (QED) is 0.746. The third-order valence-electron chi connectivity index (χ3n) is 3.77. The van der Waals surface area contributed by atoms with Crippen LogP contribution in [0, 0.1) is 11.8 Å². The lowest BCUT2D eigenvalue weighted by Gasteiger charge is -2.35. The summed E-state index contributed by atoms with van der Waals surface area (Å²) >= 11 is 0. The molecule has 1 fully saturated rings. The Kier molecular flexibility index (Phi) is 6.51. The predicted octanol–water partition coefficient (Wildman–Crippen LogP) is 3.64. The van der Waals surface area contributed by atoms with E-state index in [0.29, 0.717) is 17.9 Å². The number of amides is 2. The van der Waals surface area contributed by atoms with E-state index in [0.717, 1.165) is 19.5 Å². The molecule has 0 aromatic rings. The van der Waals surface area contributed by atoms with E-state index in [2.05, 4.69) is 33.0 Å². The summed E-state index contributed by atoms with van der Waals surface area (Å²) in [6.45, 7) is 10.6. The molecule has 0 saturated carbocycles. The van der Waals surface area contributed by atoms with Crippen molar-refractivity contribution < 1.29 is 4.79 Å². The molecule has 1 aliphatic rings. The van der Waals surface area contributed by atoms with E-state index in [1.54, 1.807) is 0 Å². The largest absolute Gasteiger partial charge is 0.336 e. The zero-order valence-electron chi connectivity index (χ0n) is 12.5. The Morgan fingerprint density at radius 3 is 2.44 bits per heavy atom. The van der Waals surface area contributed by atoms with E-state index in [-0.39, 0.29) is 6.03 Å². The van der Waals surface area contributed by atoms with Crippen LogP contribution in [0.2, 0.25) is 0 Å². The van der Waals surface area contributed by atoms with Gasteiger partial charge < -0.3 is 10.2 Å². The predicted molar refractivity (Wildman–Crippen MR) is 76.7 cm³/mol. The molecule has 1 aliphatic heterocycles. The first-order valence-electron chi connectivity index (χ1n) is 7.58. The molecule has 0 radical (unpaired) electrons. The Morgan fingerprint density at radius 2 is 1.89 bits per heavy atom. The van der Waals surface area contributed by atoms with Gasteiger partial charge in [0.15, 0.2) is 0 Å². The number of carbonyl (C=O) groups excluding carboxylic acids is 1. The SMILES string of the molecule is CCCCCC(C)NC(=O)N1CC(C)CC(C)C1. The summed E-state index contributed by atoms with van der Waals surface area (Å²) in [7, 11) is 0. The van der Waals surface area contributed by atoms with E-state index in [1.165, 1.54) is 25.7 Å². The second-order valence-electron chi connectivity index (χ2n) is 6.20. The molecule has 3 atom stereocenters. The standard InChI is InChI=1S/C15H30N2O/c1-5-6-7-8-14(4)16-15(18)17-10-12(2)9-13(3)11-17/h12-14H,5-11H2,1-4H3,(H,16,18).